The van der Waals surface area contributed by atoms with Crippen molar-refractivity contribution in [2.45, 2.75) is 19.8 Å². The smallest absolute Gasteiger partial charge is 0.230 e. The average Bonchev–Trinajstić information content (AvgIpc) is 3.43. The Kier molecular flexibility index (Phi) is 8.62. The number of benzene rings is 1. The fourth-order valence-corrected chi connectivity index (χ4v) is 4.27. The summed E-state index contributed by atoms with van der Waals surface area (Å²) in [5, 5.41) is 6.14. The number of imidazole rings is 1. The molecule has 1 fully saturated rings. The highest BCUT2D eigenvalue weighted by atomic mass is 19.1. The predicted molar refractivity (Wildman–Crippen MR) is 151 cm³/mol. The number of rotatable bonds is 10. The van der Waals surface area contributed by atoms with Gasteiger partial charge in [0.25, 0.3) is 0 Å². The van der Waals surface area contributed by atoms with E-state index in [2.05, 4.69) is 30.6 Å². The Morgan fingerprint density at radius 1 is 1.07 bits per heavy atom. The number of amides is 1. The van der Waals surface area contributed by atoms with Crippen LogP contribution < -0.4 is 10.6 Å². The van der Waals surface area contributed by atoms with E-state index >= 15 is 0 Å². The molecule has 1 saturated heterocycles. The van der Waals surface area contributed by atoms with E-state index in [9.17, 15) is 9.18 Å². The average molecular weight is 561 g/mol. The summed E-state index contributed by atoms with van der Waals surface area (Å²) in [5.74, 6) is 0.347. The second-order valence-electron chi connectivity index (χ2n) is 10.4. The van der Waals surface area contributed by atoms with Gasteiger partial charge < -0.3 is 30.0 Å². The summed E-state index contributed by atoms with van der Waals surface area (Å²) in [6.07, 6.45) is 2.55. The van der Waals surface area contributed by atoms with Crippen LogP contribution in [0.25, 0.3) is 22.6 Å². The van der Waals surface area contributed by atoms with Gasteiger partial charge in [-0.1, -0.05) is 6.07 Å². The van der Waals surface area contributed by atoms with Crippen molar-refractivity contribution in [1.29, 1.82) is 0 Å². The lowest BCUT2D eigenvalue weighted by atomic mass is 9.91. The Hall–Kier alpha value is -4.26. The number of carbonyl (C=O) groups excluding carboxylic acids is 1. The molecule has 4 heterocycles. The molecule has 1 aromatic carbocycles. The van der Waals surface area contributed by atoms with Crippen molar-refractivity contribution in [2.75, 3.05) is 45.7 Å². The number of hydrogen-bond acceptors (Lipinski definition) is 9. The SMILES string of the molecule is CN(C)CCNC(=O)C1(C)COC(c2nc(-c3ccc(F)cc3)c(-c3ccnc(NCc4ccccn4)n3)[nH]2)OC1. The Labute approximate surface area is 237 Å². The molecule has 0 spiro atoms. The number of anilines is 1. The van der Waals surface area contributed by atoms with Gasteiger partial charge in [0.15, 0.2) is 5.82 Å². The Balaban J connectivity index is 1.36. The zero-order valence-corrected chi connectivity index (χ0v) is 23.2. The number of H-pyrrole nitrogens is 1. The lowest BCUT2D eigenvalue weighted by Gasteiger charge is -2.35. The number of carbonyl (C=O) groups is 1. The van der Waals surface area contributed by atoms with Crippen molar-refractivity contribution in [1.82, 2.24) is 35.1 Å². The lowest BCUT2D eigenvalue weighted by molar-refractivity contribution is -0.231. The summed E-state index contributed by atoms with van der Waals surface area (Å²) in [5.41, 5.74) is 2.42. The molecular weight excluding hydrogens is 527 g/mol. The van der Waals surface area contributed by atoms with Crippen molar-refractivity contribution >= 4 is 11.9 Å². The first-order chi connectivity index (χ1) is 19.8. The second-order valence-corrected chi connectivity index (χ2v) is 10.4. The molecule has 3 aromatic heterocycles. The van der Waals surface area contributed by atoms with Crippen LogP contribution in [0.15, 0.2) is 60.9 Å². The van der Waals surface area contributed by atoms with E-state index in [4.69, 9.17) is 14.5 Å². The van der Waals surface area contributed by atoms with Gasteiger partial charge in [-0.15, -0.1) is 0 Å². The van der Waals surface area contributed by atoms with Crippen molar-refractivity contribution in [3.63, 3.8) is 0 Å². The Bertz CT molecular complexity index is 1450. The molecule has 4 aromatic rings. The van der Waals surface area contributed by atoms with E-state index in [0.29, 0.717) is 47.5 Å². The lowest BCUT2D eigenvalue weighted by Crippen LogP contribution is -2.49. The summed E-state index contributed by atoms with van der Waals surface area (Å²) >= 11 is 0. The first-order valence-corrected chi connectivity index (χ1v) is 13.3. The maximum absolute atomic E-state index is 13.7. The van der Waals surface area contributed by atoms with Gasteiger partial charge in [0.1, 0.15) is 5.82 Å². The summed E-state index contributed by atoms with van der Waals surface area (Å²) < 4.78 is 25.7. The Morgan fingerprint density at radius 2 is 1.85 bits per heavy atom. The number of aromatic amines is 1. The summed E-state index contributed by atoms with van der Waals surface area (Å²) in [6, 6.07) is 13.5. The number of halogens is 1. The third-order valence-electron chi connectivity index (χ3n) is 6.63. The molecular formula is C29H33FN8O3. The van der Waals surface area contributed by atoms with Crippen molar-refractivity contribution < 1.29 is 18.7 Å². The molecule has 0 radical (unpaired) electrons. The molecule has 12 heteroatoms. The van der Waals surface area contributed by atoms with Crippen molar-refractivity contribution in [3.8, 4) is 22.6 Å². The van der Waals surface area contributed by atoms with Crippen LogP contribution in [0.5, 0.6) is 0 Å². The van der Waals surface area contributed by atoms with Gasteiger partial charge in [-0.25, -0.2) is 19.3 Å². The third-order valence-corrected chi connectivity index (χ3v) is 6.63. The number of ether oxygens (including phenoxy) is 2. The highest BCUT2D eigenvalue weighted by Gasteiger charge is 2.40. The Morgan fingerprint density at radius 3 is 2.56 bits per heavy atom. The standard InChI is InChI=1S/C29H33FN8O3/c1-29(27(39)32-14-15-38(2)3)17-40-26(41-18-29)25-36-23(19-7-9-20(30)10-8-19)24(37-25)22-11-13-33-28(35-22)34-16-21-6-4-5-12-31-21/h4-13,26H,14-18H2,1-3H3,(H,32,39)(H,36,37)(H,33,34,35). The van der Waals surface area contributed by atoms with E-state index in [1.54, 1.807) is 30.6 Å². The van der Waals surface area contributed by atoms with Crippen LogP contribution in [0.4, 0.5) is 10.3 Å². The summed E-state index contributed by atoms with van der Waals surface area (Å²) in [4.78, 5) is 36.2. The normalized spacial score (nSPS) is 18.8. The first kappa shape index (κ1) is 28.3. The number of likely N-dealkylation sites (N-methyl/N-ethyl adjacent to an activating group) is 1. The minimum absolute atomic E-state index is 0.128. The van der Waals surface area contributed by atoms with Gasteiger partial charge in [0.2, 0.25) is 18.1 Å². The van der Waals surface area contributed by atoms with Gasteiger partial charge in [0, 0.05) is 31.0 Å². The van der Waals surface area contributed by atoms with E-state index in [0.717, 1.165) is 12.2 Å². The van der Waals surface area contributed by atoms with Crippen LogP contribution >= 0.6 is 0 Å². The molecule has 41 heavy (non-hydrogen) atoms. The fraction of sp³-hybridized carbons (Fsp3) is 0.345. The van der Waals surface area contributed by atoms with E-state index in [1.807, 2.05) is 44.1 Å². The molecule has 5 rings (SSSR count). The maximum Gasteiger partial charge on any atom is 0.230 e. The van der Waals surface area contributed by atoms with E-state index in [-0.39, 0.29) is 24.9 Å². The zero-order chi connectivity index (χ0) is 28.8. The largest absolute Gasteiger partial charge is 0.354 e. The maximum atomic E-state index is 13.7. The summed E-state index contributed by atoms with van der Waals surface area (Å²) in [6.45, 7) is 3.84. The molecule has 11 nitrogen and oxygen atoms in total. The number of aromatic nitrogens is 5. The number of hydrogen-bond donors (Lipinski definition) is 3. The van der Waals surface area contributed by atoms with Gasteiger partial charge >= 0.3 is 0 Å². The van der Waals surface area contributed by atoms with Crippen LogP contribution in [-0.2, 0) is 20.8 Å². The van der Waals surface area contributed by atoms with Gasteiger partial charge in [0.05, 0.1) is 47.9 Å². The minimum atomic E-state index is -0.834. The molecule has 1 aliphatic heterocycles. The van der Waals surface area contributed by atoms with Crippen LogP contribution in [-0.4, -0.2) is 76.1 Å². The highest BCUT2D eigenvalue weighted by Crippen LogP contribution is 2.35. The van der Waals surface area contributed by atoms with Crippen LogP contribution in [0.1, 0.15) is 24.7 Å². The van der Waals surface area contributed by atoms with E-state index in [1.165, 1.54) is 12.1 Å². The number of nitrogens with one attached hydrogen (secondary N) is 3. The van der Waals surface area contributed by atoms with Crippen LogP contribution in [0.2, 0.25) is 0 Å². The quantitative estimate of drug-likeness (QED) is 0.267. The van der Waals surface area contributed by atoms with Crippen LogP contribution in [0, 0.1) is 11.2 Å². The second kappa shape index (κ2) is 12.5. The third kappa shape index (κ3) is 6.91. The number of nitrogens with zero attached hydrogens (tertiary/aromatic N) is 5. The molecule has 1 amide bonds. The van der Waals surface area contributed by atoms with E-state index < -0.39 is 11.7 Å². The van der Waals surface area contributed by atoms with Gasteiger partial charge in [-0.05, 0) is 63.5 Å². The molecule has 3 N–H and O–H groups in total. The van der Waals surface area contributed by atoms with Crippen LogP contribution in [0.3, 0.4) is 0 Å². The van der Waals surface area contributed by atoms with Gasteiger partial charge in [-0.2, -0.15) is 0 Å². The topological polar surface area (TPSA) is 130 Å². The minimum Gasteiger partial charge on any atom is -0.354 e. The predicted octanol–water partition coefficient (Wildman–Crippen LogP) is 3.41. The molecule has 0 saturated carbocycles. The molecule has 1 aliphatic rings. The highest BCUT2D eigenvalue weighted by molar-refractivity contribution is 5.82. The van der Waals surface area contributed by atoms with Crippen molar-refractivity contribution in [3.05, 3.63) is 78.3 Å². The summed E-state index contributed by atoms with van der Waals surface area (Å²) in [7, 11) is 3.90. The zero-order valence-electron chi connectivity index (χ0n) is 23.2. The monoisotopic (exact) mass is 560 g/mol. The molecule has 0 unspecified atom stereocenters. The fourth-order valence-electron chi connectivity index (χ4n) is 4.27. The molecule has 0 atom stereocenters. The van der Waals surface area contributed by atoms with Gasteiger partial charge in [-0.3, -0.25) is 9.78 Å². The molecule has 0 aliphatic carbocycles. The first-order valence-electron chi connectivity index (χ1n) is 13.3. The molecule has 0 bridgehead atoms. The molecule has 214 valence electrons. The van der Waals surface area contributed by atoms with Crippen molar-refractivity contribution in [2.24, 2.45) is 5.41 Å². The number of pyridine rings is 1.